The van der Waals surface area contributed by atoms with Gasteiger partial charge in [0.05, 0.1) is 5.02 Å². The van der Waals surface area contributed by atoms with Crippen molar-refractivity contribution in [2.75, 3.05) is 0 Å². The van der Waals surface area contributed by atoms with Crippen molar-refractivity contribution in [1.29, 1.82) is 0 Å². The lowest BCUT2D eigenvalue weighted by atomic mass is 10.1. The number of nitrogens with zero attached hydrogens (tertiary/aromatic N) is 2. The summed E-state index contributed by atoms with van der Waals surface area (Å²) >= 11 is 11.9. The van der Waals surface area contributed by atoms with Crippen molar-refractivity contribution in [3.63, 3.8) is 0 Å². The van der Waals surface area contributed by atoms with Crippen molar-refractivity contribution in [3.05, 3.63) is 64.0 Å². The monoisotopic (exact) mass is 334 g/mol. The van der Waals surface area contributed by atoms with E-state index in [9.17, 15) is 0 Å². The van der Waals surface area contributed by atoms with E-state index in [1.807, 2.05) is 31.2 Å². The van der Waals surface area contributed by atoms with Crippen LogP contribution < -0.4 is 4.74 Å². The zero-order valence-electron chi connectivity index (χ0n) is 11.7. The first-order valence-electron chi connectivity index (χ1n) is 6.59. The Balaban J connectivity index is 1.70. The van der Waals surface area contributed by atoms with Crippen LogP contribution in [0.2, 0.25) is 10.0 Å². The molecule has 3 aromatic rings. The molecule has 0 amide bonds. The standard InChI is InChI=1S/C16H12Cl2N2O2/c1-10-2-4-11(5-3-10)16-20-19-15(22-16)9-21-14-7-6-12(17)8-13(14)18/h2-8H,9H2,1H3. The third-order valence-corrected chi connectivity index (χ3v) is 3.54. The van der Waals surface area contributed by atoms with Gasteiger partial charge in [-0.25, -0.2) is 0 Å². The Hall–Kier alpha value is -2.04. The molecule has 0 unspecified atom stereocenters. The Morgan fingerprint density at radius 2 is 1.82 bits per heavy atom. The molecule has 0 saturated carbocycles. The SMILES string of the molecule is Cc1ccc(-c2nnc(COc3ccc(Cl)cc3Cl)o2)cc1. The summed E-state index contributed by atoms with van der Waals surface area (Å²) < 4.78 is 11.1. The van der Waals surface area contributed by atoms with Gasteiger partial charge in [-0.1, -0.05) is 40.9 Å². The van der Waals surface area contributed by atoms with Crippen LogP contribution in [-0.4, -0.2) is 10.2 Å². The summed E-state index contributed by atoms with van der Waals surface area (Å²) in [6.45, 7) is 2.16. The fourth-order valence-corrected chi connectivity index (χ4v) is 2.32. The van der Waals surface area contributed by atoms with Gasteiger partial charge in [0.2, 0.25) is 5.89 Å². The molecule has 0 N–H and O–H groups in total. The van der Waals surface area contributed by atoms with E-state index in [4.69, 9.17) is 32.4 Å². The smallest absolute Gasteiger partial charge is 0.254 e. The zero-order valence-corrected chi connectivity index (χ0v) is 13.2. The molecule has 1 aromatic heterocycles. The molecule has 0 aliphatic heterocycles. The van der Waals surface area contributed by atoms with Crippen molar-refractivity contribution >= 4 is 23.2 Å². The molecule has 0 fully saturated rings. The van der Waals surface area contributed by atoms with Crippen LogP contribution in [0.5, 0.6) is 5.75 Å². The zero-order chi connectivity index (χ0) is 15.5. The van der Waals surface area contributed by atoms with Gasteiger partial charge in [-0.2, -0.15) is 0 Å². The number of halogens is 2. The maximum atomic E-state index is 6.04. The van der Waals surface area contributed by atoms with Gasteiger partial charge in [0.15, 0.2) is 6.61 Å². The van der Waals surface area contributed by atoms with Gasteiger partial charge >= 0.3 is 0 Å². The van der Waals surface area contributed by atoms with Crippen LogP contribution in [-0.2, 0) is 6.61 Å². The molecule has 112 valence electrons. The minimum Gasteiger partial charge on any atom is -0.482 e. The van der Waals surface area contributed by atoms with E-state index < -0.39 is 0 Å². The Kier molecular flexibility index (Phi) is 4.32. The topological polar surface area (TPSA) is 48.2 Å². The summed E-state index contributed by atoms with van der Waals surface area (Å²) in [5.74, 6) is 1.35. The first-order valence-corrected chi connectivity index (χ1v) is 7.35. The highest BCUT2D eigenvalue weighted by atomic mass is 35.5. The third kappa shape index (κ3) is 3.40. The molecule has 1 heterocycles. The summed E-state index contributed by atoms with van der Waals surface area (Å²) in [5, 5.41) is 8.97. The van der Waals surface area contributed by atoms with E-state index in [-0.39, 0.29) is 6.61 Å². The first kappa shape index (κ1) is 14.9. The fraction of sp³-hybridized carbons (Fsp3) is 0.125. The summed E-state index contributed by atoms with van der Waals surface area (Å²) in [6, 6.07) is 12.9. The lowest BCUT2D eigenvalue weighted by molar-refractivity contribution is 0.264. The largest absolute Gasteiger partial charge is 0.482 e. The summed E-state index contributed by atoms with van der Waals surface area (Å²) in [6.07, 6.45) is 0. The van der Waals surface area contributed by atoms with Crippen LogP contribution in [0, 0.1) is 6.92 Å². The minimum atomic E-state index is 0.139. The molecule has 0 aliphatic rings. The average Bonchev–Trinajstić information content (AvgIpc) is 2.96. The minimum absolute atomic E-state index is 0.139. The molecule has 4 nitrogen and oxygen atoms in total. The Morgan fingerprint density at radius 1 is 1.05 bits per heavy atom. The summed E-state index contributed by atoms with van der Waals surface area (Å²) in [4.78, 5) is 0. The van der Waals surface area contributed by atoms with E-state index in [1.165, 1.54) is 5.56 Å². The van der Waals surface area contributed by atoms with Crippen LogP contribution in [0.1, 0.15) is 11.5 Å². The lowest BCUT2D eigenvalue weighted by Gasteiger charge is -2.05. The fourth-order valence-electron chi connectivity index (χ4n) is 1.86. The molecule has 0 bridgehead atoms. The Morgan fingerprint density at radius 3 is 2.55 bits per heavy atom. The third-order valence-electron chi connectivity index (χ3n) is 3.01. The number of rotatable bonds is 4. The molecular formula is C16H12Cl2N2O2. The van der Waals surface area contributed by atoms with Gasteiger partial charge in [0.25, 0.3) is 5.89 Å². The number of aromatic nitrogens is 2. The van der Waals surface area contributed by atoms with E-state index >= 15 is 0 Å². The van der Waals surface area contributed by atoms with Gasteiger partial charge in [0.1, 0.15) is 5.75 Å². The summed E-state index contributed by atoms with van der Waals surface area (Å²) in [7, 11) is 0. The van der Waals surface area contributed by atoms with E-state index in [0.29, 0.717) is 27.6 Å². The molecule has 0 saturated heterocycles. The van der Waals surface area contributed by atoms with Crippen LogP contribution >= 0.6 is 23.2 Å². The molecule has 2 aromatic carbocycles. The normalized spacial score (nSPS) is 10.7. The molecule has 22 heavy (non-hydrogen) atoms. The lowest BCUT2D eigenvalue weighted by Crippen LogP contribution is -1.96. The highest BCUT2D eigenvalue weighted by Gasteiger charge is 2.10. The van der Waals surface area contributed by atoms with Crippen LogP contribution in [0.15, 0.2) is 46.9 Å². The molecule has 0 atom stereocenters. The second-order valence-corrected chi connectivity index (χ2v) is 5.57. The van der Waals surface area contributed by atoms with Crippen LogP contribution in [0.3, 0.4) is 0 Å². The second-order valence-electron chi connectivity index (χ2n) is 4.73. The van der Waals surface area contributed by atoms with E-state index in [1.54, 1.807) is 18.2 Å². The molecule has 0 aliphatic carbocycles. The summed E-state index contributed by atoms with van der Waals surface area (Å²) in [5.41, 5.74) is 2.04. The van der Waals surface area contributed by atoms with E-state index in [0.717, 1.165) is 5.56 Å². The number of benzene rings is 2. The average molecular weight is 335 g/mol. The first-order chi connectivity index (χ1) is 10.6. The maximum Gasteiger partial charge on any atom is 0.254 e. The quantitative estimate of drug-likeness (QED) is 0.678. The van der Waals surface area contributed by atoms with Gasteiger partial charge < -0.3 is 9.15 Å². The number of ether oxygens (including phenoxy) is 1. The van der Waals surface area contributed by atoms with Crippen molar-refractivity contribution in [3.8, 4) is 17.2 Å². The maximum absolute atomic E-state index is 6.04. The highest BCUT2D eigenvalue weighted by Crippen LogP contribution is 2.28. The second kappa shape index (κ2) is 6.38. The predicted molar refractivity (Wildman–Crippen MR) is 85.3 cm³/mol. The number of aryl methyl sites for hydroxylation is 1. The molecule has 0 spiro atoms. The Bertz CT molecular complexity index is 785. The van der Waals surface area contributed by atoms with Crippen molar-refractivity contribution in [2.45, 2.75) is 13.5 Å². The van der Waals surface area contributed by atoms with Crippen molar-refractivity contribution in [2.24, 2.45) is 0 Å². The molecule has 6 heteroatoms. The molecule has 0 radical (unpaired) electrons. The Labute approximate surface area is 137 Å². The van der Waals surface area contributed by atoms with Gasteiger partial charge in [-0.05, 0) is 37.3 Å². The number of hydrogen-bond acceptors (Lipinski definition) is 4. The van der Waals surface area contributed by atoms with Gasteiger partial charge in [-0.15, -0.1) is 10.2 Å². The van der Waals surface area contributed by atoms with Gasteiger partial charge in [-0.3, -0.25) is 0 Å². The molecular weight excluding hydrogens is 323 g/mol. The predicted octanol–water partition coefficient (Wildman–Crippen LogP) is 4.93. The molecule has 3 rings (SSSR count). The van der Waals surface area contributed by atoms with Crippen molar-refractivity contribution < 1.29 is 9.15 Å². The highest BCUT2D eigenvalue weighted by molar-refractivity contribution is 6.35. The number of hydrogen-bond donors (Lipinski definition) is 0. The van der Waals surface area contributed by atoms with Crippen LogP contribution in [0.25, 0.3) is 11.5 Å². The van der Waals surface area contributed by atoms with Crippen molar-refractivity contribution in [1.82, 2.24) is 10.2 Å². The van der Waals surface area contributed by atoms with Gasteiger partial charge in [0, 0.05) is 10.6 Å². The van der Waals surface area contributed by atoms with E-state index in [2.05, 4.69) is 10.2 Å². The van der Waals surface area contributed by atoms with Crippen LogP contribution in [0.4, 0.5) is 0 Å².